The molecule has 0 aliphatic heterocycles. The number of aliphatic hydroxyl groups excluding tert-OH is 1. The Bertz CT molecular complexity index is 1660. The third-order valence-electron chi connectivity index (χ3n) is 8.68. The van der Waals surface area contributed by atoms with E-state index in [-0.39, 0.29) is 23.3 Å². The van der Waals surface area contributed by atoms with E-state index in [9.17, 15) is 15.2 Å². The van der Waals surface area contributed by atoms with Crippen molar-refractivity contribution in [3.8, 4) is 17.2 Å². The first-order chi connectivity index (χ1) is 20.1. The number of fused-ring (bicyclic) bond motifs is 1. The lowest BCUT2D eigenvalue weighted by Crippen LogP contribution is -2.42. The van der Waals surface area contributed by atoms with Crippen LogP contribution in [0.4, 0.5) is 0 Å². The summed E-state index contributed by atoms with van der Waals surface area (Å²) in [4.78, 5) is 19.1. The lowest BCUT2D eigenvalue weighted by atomic mass is 9.83. The van der Waals surface area contributed by atoms with Gasteiger partial charge in [-0.1, -0.05) is 55.8 Å². The number of aliphatic hydroxyl groups is 1. The van der Waals surface area contributed by atoms with Gasteiger partial charge in [-0.25, -0.2) is 4.52 Å². The van der Waals surface area contributed by atoms with E-state index in [1.165, 1.54) is 0 Å². The normalized spacial score (nSPS) is 20.4. The molecule has 2 aromatic carbocycles. The molecule has 1 saturated carbocycles. The summed E-state index contributed by atoms with van der Waals surface area (Å²) in [6.45, 7) is 9.71. The van der Waals surface area contributed by atoms with Gasteiger partial charge in [-0.2, -0.15) is 15.3 Å². The molecule has 1 N–H and O–H groups in total. The minimum atomic E-state index is -0.544. The van der Waals surface area contributed by atoms with Crippen molar-refractivity contribution < 1.29 is 9.84 Å². The summed E-state index contributed by atoms with van der Waals surface area (Å²) in [6.07, 6.45) is 4.25. The highest BCUT2D eigenvalue weighted by Gasteiger charge is 2.36. The molecule has 5 rings (SSSR count). The van der Waals surface area contributed by atoms with Crippen LogP contribution < -0.4 is 5.56 Å². The number of benzene rings is 2. The molecule has 1 aliphatic carbocycles. The predicted octanol–water partition coefficient (Wildman–Crippen LogP) is 5.94. The molecule has 1 aliphatic rings. The molecule has 2 unspecified atom stereocenters. The summed E-state index contributed by atoms with van der Waals surface area (Å²) in [5, 5.41) is 24.7. The molecule has 0 radical (unpaired) electrons. The van der Waals surface area contributed by atoms with E-state index < -0.39 is 6.10 Å². The molecular weight excluding hydrogens is 526 g/mol. The van der Waals surface area contributed by atoms with Crippen LogP contribution in [0.1, 0.15) is 94.0 Å². The molecule has 1 fully saturated rings. The fourth-order valence-electron chi connectivity index (χ4n) is 6.23. The fourth-order valence-corrected chi connectivity index (χ4v) is 6.23. The zero-order valence-corrected chi connectivity index (χ0v) is 25.3. The van der Waals surface area contributed by atoms with E-state index in [1.807, 2.05) is 71.5 Å². The first-order valence-corrected chi connectivity index (χ1v) is 15.1. The van der Waals surface area contributed by atoms with Gasteiger partial charge in [0.25, 0.3) is 5.56 Å². The highest BCUT2D eigenvalue weighted by molar-refractivity contribution is 5.71. The topological polar surface area (TPSA) is 105 Å². The maximum Gasteiger partial charge on any atom is 0.259 e. The Morgan fingerprint density at radius 1 is 1.17 bits per heavy atom. The second kappa shape index (κ2) is 12.2. The van der Waals surface area contributed by atoms with Gasteiger partial charge in [-0.05, 0) is 82.6 Å². The Balaban J connectivity index is 1.54. The van der Waals surface area contributed by atoms with Crippen molar-refractivity contribution in [3.63, 3.8) is 0 Å². The largest absolute Gasteiger partial charge is 0.391 e. The van der Waals surface area contributed by atoms with E-state index in [0.717, 1.165) is 54.5 Å². The highest BCUT2D eigenvalue weighted by Crippen LogP contribution is 2.38. The second-order valence-corrected chi connectivity index (χ2v) is 12.0. The van der Waals surface area contributed by atoms with Crippen LogP contribution in [0.5, 0.6) is 0 Å². The second-order valence-electron chi connectivity index (χ2n) is 12.0. The van der Waals surface area contributed by atoms with Crippen molar-refractivity contribution in [3.05, 3.63) is 87.1 Å². The first-order valence-electron chi connectivity index (χ1n) is 15.1. The number of ether oxygens (including phenoxy) is 1. The van der Waals surface area contributed by atoms with Gasteiger partial charge in [0.05, 0.1) is 35.1 Å². The van der Waals surface area contributed by atoms with Crippen LogP contribution >= 0.6 is 0 Å². The van der Waals surface area contributed by atoms with Crippen LogP contribution in [0.3, 0.4) is 0 Å². The lowest BCUT2D eigenvalue weighted by Gasteiger charge is -2.40. The van der Waals surface area contributed by atoms with Crippen molar-refractivity contribution >= 4 is 5.78 Å². The molecule has 2 aromatic heterocycles. The number of hydrogen-bond acceptors (Lipinski definition) is 6. The molecule has 42 heavy (non-hydrogen) atoms. The maximum absolute atomic E-state index is 14.4. The van der Waals surface area contributed by atoms with Crippen LogP contribution in [0.25, 0.3) is 16.9 Å². The number of aromatic nitrogens is 4. The molecule has 8 nitrogen and oxygen atoms in total. The van der Waals surface area contributed by atoms with Crippen molar-refractivity contribution in [2.75, 3.05) is 0 Å². The quantitative estimate of drug-likeness (QED) is 0.268. The Labute approximate surface area is 247 Å². The summed E-state index contributed by atoms with van der Waals surface area (Å²) >= 11 is 0. The van der Waals surface area contributed by atoms with Gasteiger partial charge in [0, 0.05) is 18.0 Å². The van der Waals surface area contributed by atoms with Crippen molar-refractivity contribution in [1.29, 1.82) is 5.26 Å². The summed E-state index contributed by atoms with van der Waals surface area (Å²) in [6, 6.07) is 18.1. The minimum Gasteiger partial charge on any atom is -0.391 e. The molecule has 0 bridgehead atoms. The van der Waals surface area contributed by atoms with Crippen molar-refractivity contribution in [2.45, 2.75) is 103 Å². The van der Waals surface area contributed by atoms with Gasteiger partial charge in [0.1, 0.15) is 5.82 Å². The van der Waals surface area contributed by atoms with Crippen LogP contribution in [0.15, 0.2) is 53.3 Å². The fraction of sp³-hybridized carbons (Fsp3) is 0.471. The van der Waals surface area contributed by atoms with Gasteiger partial charge < -0.3 is 9.84 Å². The Hall–Kier alpha value is -3.80. The van der Waals surface area contributed by atoms with Gasteiger partial charge in [-0.3, -0.25) is 9.36 Å². The molecule has 0 spiro atoms. The summed E-state index contributed by atoms with van der Waals surface area (Å²) in [7, 11) is 0. The van der Waals surface area contributed by atoms with Gasteiger partial charge in [-0.15, -0.1) is 0 Å². The van der Waals surface area contributed by atoms with Gasteiger partial charge in [0.2, 0.25) is 5.78 Å². The zero-order chi connectivity index (χ0) is 30.0. The predicted molar refractivity (Wildman–Crippen MR) is 164 cm³/mol. The number of rotatable bonds is 9. The first kappa shape index (κ1) is 29.7. The number of hydrogen-bond donors (Lipinski definition) is 1. The average molecular weight is 568 g/mol. The lowest BCUT2D eigenvalue weighted by molar-refractivity contribution is -0.133. The summed E-state index contributed by atoms with van der Waals surface area (Å²) in [5.41, 5.74) is 4.59. The molecule has 0 saturated heterocycles. The van der Waals surface area contributed by atoms with Gasteiger partial charge >= 0.3 is 0 Å². The minimum absolute atomic E-state index is 0.0316. The summed E-state index contributed by atoms with van der Waals surface area (Å²) in [5.74, 6) is 1.22. The van der Waals surface area contributed by atoms with Crippen molar-refractivity contribution in [1.82, 2.24) is 19.2 Å². The highest BCUT2D eigenvalue weighted by atomic mass is 16.5. The monoisotopic (exact) mass is 567 g/mol. The third kappa shape index (κ3) is 5.90. The standard InChI is InChI=1S/C34H41N5O3/c1-6-10-31-30(20-25-13-14-29(27(19-25)21-35)26-11-8-7-9-12-26)32(41)38(33-36-24(4)37-39(31)33)28-15-17-34(5,18-16-28)42-23(3)22(2)40/h7-9,11-14,19,22-23,28,40H,6,10,15-18,20H2,1-5H3. The van der Waals surface area contributed by atoms with Crippen LogP contribution in [-0.2, 0) is 17.6 Å². The number of nitrogens with zero attached hydrogens (tertiary/aromatic N) is 5. The van der Waals surface area contributed by atoms with Crippen LogP contribution in [0, 0.1) is 18.3 Å². The average Bonchev–Trinajstić information content (AvgIpc) is 3.36. The molecule has 4 aromatic rings. The maximum atomic E-state index is 14.4. The van der Waals surface area contributed by atoms with E-state index in [4.69, 9.17) is 14.8 Å². The van der Waals surface area contributed by atoms with Crippen molar-refractivity contribution in [2.24, 2.45) is 0 Å². The number of aryl methyl sites for hydroxylation is 2. The Kier molecular flexibility index (Phi) is 8.63. The molecule has 2 atom stereocenters. The van der Waals surface area contributed by atoms with Crippen LogP contribution in [-0.4, -0.2) is 42.1 Å². The molecule has 220 valence electrons. The Morgan fingerprint density at radius 3 is 2.52 bits per heavy atom. The van der Waals surface area contributed by atoms with E-state index >= 15 is 0 Å². The summed E-state index contributed by atoms with van der Waals surface area (Å²) < 4.78 is 10.00. The molecule has 8 heteroatoms. The molecular formula is C34H41N5O3. The number of nitriles is 1. The third-order valence-corrected chi connectivity index (χ3v) is 8.68. The zero-order valence-electron chi connectivity index (χ0n) is 25.3. The SMILES string of the molecule is CCCc1c(Cc2ccc(-c3ccccc3)c(C#N)c2)c(=O)n(C2CCC(C)(OC(C)C(C)O)CC2)c2nc(C)nn12. The molecule has 0 amide bonds. The van der Waals surface area contributed by atoms with Gasteiger partial charge in [0.15, 0.2) is 0 Å². The Morgan fingerprint density at radius 2 is 1.88 bits per heavy atom. The molecule has 2 heterocycles. The van der Waals surface area contributed by atoms with Crippen LogP contribution in [0.2, 0.25) is 0 Å². The smallest absolute Gasteiger partial charge is 0.259 e. The van der Waals surface area contributed by atoms with E-state index in [1.54, 1.807) is 6.92 Å². The van der Waals surface area contributed by atoms with E-state index in [2.05, 4.69) is 19.9 Å². The van der Waals surface area contributed by atoms with E-state index in [0.29, 0.717) is 35.6 Å².